The molecule has 0 N–H and O–H groups in total. The Balaban J connectivity index is 1.48. The van der Waals surface area contributed by atoms with E-state index in [0.29, 0.717) is 18.8 Å². The highest BCUT2D eigenvalue weighted by molar-refractivity contribution is 8.00. The fourth-order valence-corrected chi connectivity index (χ4v) is 5.08. The van der Waals surface area contributed by atoms with E-state index in [9.17, 15) is 18.0 Å². The first-order valence-electron chi connectivity index (χ1n) is 11.2. The van der Waals surface area contributed by atoms with Gasteiger partial charge in [-0.25, -0.2) is 0 Å². The van der Waals surface area contributed by atoms with Crippen molar-refractivity contribution in [1.29, 1.82) is 0 Å². The summed E-state index contributed by atoms with van der Waals surface area (Å²) in [7, 11) is 0. The van der Waals surface area contributed by atoms with Crippen LogP contribution in [0.15, 0.2) is 47.6 Å². The summed E-state index contributed by atoms with van der Waals surface area (Å²) in [5.41, 5.74) is -1.97. The van der Waals surface area contributed by atoms with Crippen LogP contribution >= 0.6 is 11.8 Å². The number of benzene rings is 1. The van der Waals surface area contributed by atoms with Crippen molar-refractivity contribution in [3.63, 3.8) is 0 Å². The maximum absolute atomic E-state index is 13.1. The predicted octanol–water partition coefficient (Wildman–Crippen LogP) is 5.38. The second kappa shape index (κ2) is 9.54. The molecule has 0 radical (unpaired) electrons. The molecule has 0 unspecified atom stereocenters. The molecule has 3 heterocycles. The van der Waals surface area contributed by atoms with E-state index in [0.717, 1.165) is 50.1 Å². The number of halogens is 3. The number of piperidine rings is 1. The van der Waals surface area contributed by atoms with Crippen molar-refractivity contribution < 1.29 is 18.0 Å². The molecule has 2 aliphatic heterocycles. The quantitative estimate of drug-likeness (QED) is 0.540. The van der Waals surface area contributed by atoms with E-state index in [4.69, 9.17) is 0 Å². The second-order valence-corrected chi connectivity index (χ2v) is 10.4. The summed E-state index contributed by atoms with van der Waals surface area (Å²) in [4.78, 5) is 23.9. The predicted molar refractivity (Wildman–Crippen MR) is 124 cm³/mol. The van der Waals surface area contributed by atoms with Crippen LogP contribution < -0.4 is 4.90 Å². The van der Waals surface area contributed by atoms with Crippen LogP contribution in [-0.2, 0) is 6.54 Å². The molecule has 0 atom stereocenters. The Kier molecular flexibility index (Phi) is 6.91. The van der Waals surface area contributed by atoms with Gasteiger partial charge in [-0.3, -0.25) is 14.7 Å². The van der Waals surface area contributed by atoms with Crippen molar-refractivity contribution in [1.82, 2.24) is 14.8 Å². The highest BCUT2D eigenvalue weighted by Gasteiger charge is 2.38. The van der Waals surface area contributed by atoms with Gasteiger partial charge in [-0.2, -0.15) is 13.2 Å². The minimum absolute atomic E-state index is 0.0458. The Bertz CT molecular complexity index is 974. The van der Waals surface area contributed by atoms with Crippen LogP contribution in [0.3, 0.4) is 0 Å². The fourth-order valence-electron chi connectivity index (χ4n) is 4.54. The molecule has 1 aromatic heterocycles. The topological polar surface area (TPSA) is 39.7 Å². The van der Waals surface area contributed by atoms with Crippen molar-refractivity contribution in [2.45, 2.75) is 55.6 Å². The molecule has 5 nitrogen and oxygen atoms in total. The summed E-state index contributed by atoms with van der Waals surface area (Å²) >= 11 is -0.101. The van der Waals surface area contributed by atoms with Crippen molar-refractivity contribution in [2.24, 2.45) is 0 Å². The maximum atomic E-state index is 13.1. The van der Waals surface area contributed by atoms with E-state index in [1.807, 2.05) is 11.0 Å². The number of nitrogens with zero attached hydrogens (tertiary/aromatic N) is 4. The first kappa shape index (κ1) is 23.9. The average molecular weight is 479 g/mol. The van der Waals surface area contributed by atoms with Crippen molar-refractivity contribution in [2.75, 3.05) is 31.2 Å². The first-order chi connectivity index (χ1) is 15.6. The molecule has 2 aromatic rings. The maximum Gasteiger partial charge on any atom is 0.446 e. The first-order valence-corrected chi connectivity index (χ1v) is 12.0. The number of amides is 1. The summed E-state index contributed by atoms with van der Waals surface area (Å²) in [5, 5.41) is 0. The molecular weight excluding hydrogens is 449 g/mol. The zero-order valence-corrected chi connectivity index (χ0v) is 19.8. The van der Waals surface area contributed by atoms with E-state index < -0.39 is 5.51 Å². The van der Waals surface area contributed by atoms with Crippen LogP contribution in [0.1, 0.15) is 49.0 Å². The standard InChI is InChI=1S/C24H29F3N4OS/c1-23(2)16-30(19-6-8-20(9-7-19)33-24(25,26)27)17-31(23)15-18-10-11-28-14-21(18)22(32)29-12-4-3-5-13-29/h6-11,14H,3-5,12-13,15-17H2,1-2H3. The third-order valence-corrected chi connectivity index (χ3v) is 7.10. The number of alkyl halides is 3. The SMILES string of the molecule is CC1(C)CN(c2ccc(SC(F)(F)F)cc2)CN1Cc1ccncc1C(=O)N1CCCCC1. The van der Waals surface area contributed by atoms with Gasteiger partial charge in [0, 0.05) is 54.7 Å². The molecule has 2 fully saturated rings. The van der Waals surface area contributed by atoms with Gasteiger partial charge < -0.3 is 9.80 Å². The van der Waals surface area contributed by atoms with E-state index in [-0.39, 0.29) is 28.1 Å². The number of hydrogen-bond donors (Lipinski definition) is 0. The van der Waals surface area contributed by atoms with Gasteiger partial charge in [-0.1, -0.05) is 0 Å². The molecular formula is C24H29F3N4OS. The van der Waals surface area contributed by atoms with Gasteiger partial charge in [0.1, 0.15) is 0 Å². The highest BCUT2D eigenvalue weighted by Crippen LogP contribution is 2.38. The Morgan fingerprint density at radius 1 is 1.09 bits per heavy atom. The minimum atomic E-state index is -4.29. The van der Waals surface area contributed by atoms with Gasteiger partial charge in [-0.05, 0) is 80.8 Å². The monoisotopic (exact) mass is 478 g/mol. The van der Waals surface area contributed by atoms with Crippen LogP contribution in [0.5, 0.6) is 0 Å². The van der Waals surface area contributed by atoms with Gasteiger partial charge in [-0.15, -0.1) is 0 Å². The van der Waals surface area contributed by atoms with Crippen LogP contribution in [-0.4, -0.2) is 58.0 Å². The van der Waals surface area contributed by atoms with Crippen molar-refractivity contribution in [3.8, 4) is 0 Å². The van der Waals surface area contributed by atoms with Gasteiger partial charge in [0.15, 0.2) is 0 Å². The van der Waals surface area contributed by atoms with Gasteiger partial charge in [0.2, 0.25) is 0 Å². The van der Waals surface area contributed by atoms with Crippen LogP contribution in [0.2, 0.25) is 0 Å². The van der Waals surface area contributed by atoms with Crippen molar-refractivity contribution in [3.05, 3.63) is 53.9 Å². The van der Waals surface area contributed by atoms with E-state index in [1.165, 1.54) is 12.1 Å². The molecule has 1 amide bonds. The zero-order chi connectivity index (χ0) is 23.6. The normalized spacial score (nSPS) is 19.2. The van der Waals surface area contributed by atoms with Gasteiger partial charge in [0.25, 0.3) is 5.91 Å². The molecule has 2 aliphatic rings. The summed E-state index contributed by atoms with van der Waals surface area (Å²) in [5.74, 6) is 0.0458. The fraction of sp³-hybridized carbons (Fsp3) is 0.500. The molecule has 0 saturated carbocycles. The average Bonchev–Trinajstić information content (AvgIpc) is 3.07. The number of carbonyl (C=O) groups is 1. The smallest absolute Gasteiger partial charge is 0.357 e. The molecule has 4 rings (SSSR count). The molecule has 0 spiro atoms. The lowest BCUT2D eigenvalue weighted by Gasteiger charge is -2.31. The van der Waals surface area contributed by atoms with Gasteiger partial charge in [0.05, 0.1) is 12.2 Å². The lowest BCUT2D eigenvalue weighted by Crippen LogP contribution is -2.40. The number of aromatic nitrogens is 1. The summed E-state index contributed by atoms with van der Waals surface area (Å²) in [6, 6.07) is 8.43. The van der Waals surface area contributed by atoms with E-state index >= 15 is 0 Å². The Labute approximate surface area is 197 Å². The van der Waals surface area contributed by atoms with Gasteiger partial charge >= 0.3 is 5.51 Å². The summed E-state index contributed by atoms with van der Waals surface area (Å²) in [6.07, 6.45) is 6.63. The summed E-state index contributed by atoms with van der Waals surface area (Å²) < 4.78 is 37.9. The highest BCUT2D eigenvalue weighted by atomic mass is 32.2. The van der Waals surface area contributed by atoms with Crippen molar-refractivity contribution >= 4 is 23.4 Å². The number of carbonyl (C=O) groups excluding carboxylic acids is 1. The summed E-state index contributed by atoms with van der Waals surface area (Å²) in [6.45, 7) is 7.83. The Morgan fingerprint density at radius 3 is 2.45 bits per heavy atom. The number of rotatable bonds is 5. The number of likely N-dealkylation sites (tertiary alicyclic amines) is 1. The zero-order valence-electron chi connectivity index (χ0n) is 18.9. The Hall–Kier alpha value is -2.26. The number of hydrogen-bond acceptors (Lipinski definition) is 5. The molecule has 33 heavy (non-hydrogen) atoms. The third kappa shape index (κ3) is 5.81. The van der Waals surface area contributed by atoms with E-state index in [2.05, 4.69) is 28.6 Å². The molecule has 178 valence electrons. The number of anilines is 1. The largest absolute Gasteiger partial charge is 0.446 e. The third-order valence-electron chi connectivity index (χ3n) is 6.36. The second-order valence-electron chi connectivity index (χ2n) is 9.28. The van der Waals surface area contributed by atoms with E-state index in [1.54, 1.807) is 24.5 Å². The number of pyridine rings is 1. The lowest BCUT2D eigenvalue weighted by atomic mass is 10.0. The van der Waals surface area contributed by atoms with Crippen LogP contribution in [0.25, 0.3) is 0 Å². The molecule has 9 heteroatoms. The molecule has 1 aromatic carbocycles. The molecule has 2 saturated heterocycles. The number of thioether (sulfide) groups is 1. The Morgan fingerprint density at radius 2 is 1.79 bits per heavy atom. The molecule has 0 aliphatic carbocycles. The lowest BCUT2D eigenvalue weighted by molar-refractivity contribution is -0.0328. The van der Waals surface area contributed by atoms with Crippen LogP contribution in [0, 0.1) is 0 Å². The minimum Gasteiger partial charge on any atom is -0.357 e. The van der Waals surface area contributed by atoms with Crippen LogP contribution in [0.4, 0.5) is 18.9 Å². The molecule has 0 bridgehead atoms.